The van der Waals surface area contributed by atoms with Crippen molar-refractivity contribution < 1.29 is 13.5 Å². The number of hydrogen-bond donors (Lipinski definition) is 2. The Morgan fingerprint density at radius 1 is 1.25 bits per heavy atom. The molecule has 0 saturated heterocycles. The van der Waals surface area contributed by atoms with Gasteiger partial charge in [-0.2, -0.15) is 9.65 Å². The number of fused-ring (bicyclic) bond motifs is 1. The Balaban J connectivity index is 1.87. The summed E-state index contributed by atoms with van der Waals surface area (Å²) in [6.45, 7) is 0.126. The number of nitrogens with two attached hydrogens (primary N) is 1. The zero-order valence-electron chi connectivity index (χ0n) is 14.8. The van der Waals surface area contributed by atoms with Crippen molar-refractivity contribution in [1.29, 1.82) is 5.26 Å². The minimum atomic E-state index is -0.644. The zero-order valence-corrected chi connectivity index (χ0v) is 14.8. The van der Waals surface area contributed by atoms with E-state index in [0.717, 1.165) is 6.20 Å². The van der Waals surface area contributed by atoms with Crippen LogP contribution >= 0.6 is 0 Å². The molecule has 0 saturated carbocycles. The first-order valence-corrected chi connectivity index (χ1v) is 8.12. The van der Waals surface area contributed by atoms with Crippen LogP contribution in [0.1, 0.15) is 11.1 Å². The van der Waals surface area contributed by atoms with E-state index in [-0.39, 0.29) is 41.3 Å². The highest BCUT2D eigenvalue weighted by Crippen LogP contribution is 2.25. The van der Waals surface area contributed by atoms with E-state index in [2.05, 4.69) is 25.3 Å². The molecule has 3 heterocycles. The Morgan fingerprint density at radius 3 is 2.82 bits per heavy atom. The van der Waals surface area contributed by atoms with Crippen molar-refractivity contribution in [1.82, 2.24) is 15.0 Å². The SMILES string of the molecule is CN=C(N)OCCc1cc(Nc2ncc(F)c3cc(C#N)cnc23)cnc1F. The number of halogens is 2. The van der Waals surface area contributed by atoms with Gasteiger partial charge in [0.15, 0.2) is 11.6 Å². The van der Waals surface area contributed by atoms with Crippen molar-refractivity contribution in [3.8, 4) is 6.07 Å². The quantitative estimate of drug-likeness (QED) is 0.394. The van der Waals surface area contributed by atoms with Crippen molar-refractivity contribution in [2.24, 2.45) is 10.7 Å². The summed E-state index contributed by atoms with van der Waals surface area (Å²) in [6.07, 6.45) is 3.83. The number of aromatic nitrogens is 3. The van der Waals surface area contributed by atoms with Gasteiger partial charge in [-0.1, -0.05) is 0 Å². The highest BCUT2D eigenvalue weighted by Gasteiger charge is 2.12. The van der Waals surface area contributed by atoms with Crippen LogP contribution in [0.5, 0.6) is 0 Å². The third-order valence-electron chi connectivity index (χ3n) is 3.82. The molecule has 0 aliphatic carbocycles. The van der Waals surface area contributed by atoms with E-state index in [0.29, 0.717) is 11.3 Å². The van der Waals surface area contributed by atoms with Crippen LogP contribution in [0.15, 0.2) is 35.7 Å². The number of rotatable bonds is 5. The summed E-state index contributed by atoms with van der Waals surface area (Å²) in [5, 5.41) is 12.1. The second-order valence-electron chi connectivity index (χ2n) is 5.65. The number of pyridine rings is 3. The molecular formula is C18H15F2N7O. The highest BCUT2D eigenvalue weighted by atomic mass is 19.1. The standard InChI is InChI=1S/C18H15F2N7O/c1-23-18(22)28-3-2-11-5-12(8-25-16(11)20)27-17-15-13(14(19)9-26-17)4-10(6-21)7-24-15/h4-5,7-9H,2-3H2,1H3,(H2,22,23)(H,26,27). The van der Waals surface area contributed by atoms with Crippen molar-refractivity contribution >= 4 is 28.4 Å². The van der Waals surface area contributed by atoms with E-state index in [1.54, 1.807) is 0 Å². The third-order valence-corrected chi connectivity index (χ3v) is 3.82. The van der Waals surface area contributed by atoms with E-state index < -0.39 is 11.8 Å². The molecule has 0 aliphatic rings. The summed E-state index contributed by atoms with van der Waals surface area (Å²) in [6, 6.07) is 4.83. The van der Waals surface area contributed by atoms with Crippen molar-refractivity contribution in [2.45, 2.75) is 6.42 Å². The Hall–Kier alpha value is -3.87. The van der Waals surface area contributed by atoms with Gasteiger partial charge in [0.05, 0.1) is 30.3 Å². The van der Waals surface area contributed by atoms with Gasteiger partial charge in [-0.3, -0.25) is 4.98 Å². The molecule has 3 aromatic rings. The molecule has 0 amide bonds. The summed E-state index contributed by atoms with van der Waals surface area (Å²) < 4.78 is 33.1. The fraction of sp³-hybridized carbons (Fsp3) is 0.167. The molecule has 0 aromatic carbocycles. The maximum absolute atomic E-state index is 14.0. The largest absolute Gasteiger partial charge is 0.465 e. The van der Waals surface area contributed by atoms with Crippen LogP contribution in [0.4, 0.5) is 20.3 Å². The Morgan fingerprint density at radius 2 is 2.07 bits per heavy atom. The van der Waals surface area contributed by atoms with Gasteiger partial charge in [0.1, 0.15) is 11.6 Å². The molecule has 0 bridgehead atoms. The van der Waals surface area contributed by atoms with Crippen LogP contribution in [0.25, 0.3) is 10.9 Å². The number of hydrogen-bond acceptors (Lipinski definition) is 7. The van der Waals surface area contributed by atoms with Crippen LogP contribution in [-0.2, 0) is 11.2 Å². The Bertz CT molecular complexity index is 1100. The minimum Gasteiger partial charge on any atom is -0.465 e. The van der Waals surface area contributed by atoms with Crippen LogP contribution in [0.2, 0.25) is 0 Å². The van der Waals surface area contributed by atoms with Gasteiger partial charge in [0, 0.05) is 30.6 Å². The lowest BCUT2D eigenvalue weighted by Gasteiger charge is -2.11. The first-order chi connectivity index (χ1) is 13.5. The number of aliphatic imine (C=N–C) groups is 1. The molecule has 142 valence electrons. The number of amidine groups is 1. The molecule has 3 aromatic heterocycles. The van der Waals surface area contributed by atoms with Crippen LogP contribution < -0.4 is 11.1 Å². The van der Waals surface area contributed by atoms with Crippen molar-refractivity contribution in [3.05, 3.63) is 53.6 Å². The Labute approximate surface area is 158 Å². The van der Waals surface area contributed by atoms with Crippen LogP contribution in [-0.4, -0.2) is 34.6 Å². The number of nitrogens with one attached hydrogen (secondary N) is 1. The normalized spacial score (nSPS) is 11.3. The molecule has 0 radical (unpaired) electrons. The van der Waals surface area contributed by atoms with E-state index in [9.17, 15) is 8.78 Å². The van der Waals surface area contributed by atoms with Gasteiger partial charge in [-0.15, -0.1) is 0 Å². The molecular weight excluding hydrogens is 368 g/mol. The van der Waals surface area contributed by atoms with Crippen LogP contribution in [0, 0.1) is 23.1 Å². The molecule has 28 heavy (non-hydrogen) atoms. The van der Waals surface area contributed by atoms with Gasteiger partial charge in [-0.05, 0) is 12.1 Å². The van der Waals surface area contributed by atoms with Gasteiger partial charge >= 0.3 is 0 Å². The third kappa shape index (κ3) is 4.09. The lowest BCUT2D eigenvalue weighted by Crippen LogP contribution is -2.17. The molecule has 8 nitrogen and oxygen atoms in total. The average Bonchev–Trinajstić information content (AvgIpc) is 2.71. The maximum atomic E-state index is 14.0. The first-order valence-electron chi connectivity index (χ1n) is 8.12. The van der Waals surface area contributed by atoms with Crippen LogP contribution in [0.3, 0.4) is 0 Å². The predicted octanol–water partition coefficient (Wildman–Crippen LogP) is 2.42. The van der Waals surface area contributed by atoms with E-state index >= 15 is 0 Å². The van der Waals surface area contributed by atoms with Crippen molar-refractivity contribution in [2.75, 3.05) is 19.0 Å². The van der Waals surface area contributed by atoms with Crippen molar-refractivity contribution in [3.63, 3.8) is 0 Å². The number of nitrogens with zero attached hydrogens (tertiary/aromatic N) is 5. The molecule has 0 aliphatic heterocycles. The predicted molar refractivity (Wildman–Crippen MR) is 98.9 cm³/mol. The summed E-state index contributed by atoms with van der Waals surface area (Å²) in [4.78, 5) is 15.4. The number of anilines is 2. The fourth-order valence-corrected chi connectivity index (χ4v) is 2.44. The molecule has 3 rings (SSSR count). The summed E-state index contributed by atoms with van der Waals surface area (Å²) in [5.41, 5.74) is 6.62. The smallest absolute Gasteiger partial charge is 0.281 e. The second kappa shape index (κ2) is 8.22. The zero-order chi connectivity index (χ0) is 20.1. The van der Waals surface area contributed by atoms with Gasteiger partial charge < -0.3 is 15.8 Å². The lowest BCUT2D eigenvalue weighted by molar-refractivity contribution is 0.301. The monoisotopic (exact) mass is 383 g/mol. The number of ether oxygens (including phenoxy) is 1. The number of nitriles is 1. The lowest BCUT2D eigenvalue weighted by atomic mass is 10.2. The first kappa shape index (κ1) is 18.9. The fourth-order valence-electron chi connectivity index (χ4n) is 2.44. The average molecular weight is 383 g/mol. The molecule has 0 fully saturated rings. The molecule has 0 spiro atoms. The highest BCUT2D eigenvalue weighted by molar-refractivity contribution is 5.90. The minimum absolute atomic E-state index is 0.00689. The Kier molecular flexibility index (Phi) is 5.55. The maximum Gasteiger partial charge on any atom is 0.281 e. The molecule has 3 N–H and O–H groups in total. The summed E-state index contributed by atoms with van der Waals surface area (Å²) in [7, 11) is 1.48. The van der Waals surface area contributed by atoms with E-state index in [1.165, 1.54) is 31.6 Å². The summed E-state index contributed by atoms with van der Waals surface area (Å²) >= 11 is 0. The molecule has 0 atom stereocenters. The topological polar surface area (TPSA) is 122 Å². The van der Waals surface area contributed by atoms with Gasteiger partial charge in [0.2, 0.25) is 5.95 Å². The van der Waals surface area contributed by atoms with E-state index in [4.69, 9.17) is 15.7 Å². The van der Waals surface area contributed by atoms with E-state index in [1.807, 2.05) is 6.07 Å². The van der Waals surface area contributed by atoms with Gasteiger partial charge in [-0.25, -0.2) is 19.4 Å². The molecule has 0 unspecified atom stereocenters. The van der Waals surface area contributed by atoms with Gasteiger partial charge in [0.25, 0.3) is 6.02 Å². The second-order valence-corrected chi connectivity index (χ2v) is 5.65. The molecule has 10 heteroatoms. The summed E-state index contributed by atoms with van der Waals surface area (Å²) in [5.74, 6) is -0.996.